The highest BCUT2D eigenvalue weighted by Gasteiger charge is 2.31. The van der Waals surface area contributed by atoms with Crippen LogP contribution in [0.4, 0.5) is 13.2 Å². The topological polar surface area (TPSA) is 62.6 Å². The number of rotatable bonds is 9. The summed E-state index contributed by atoms with van der Waals surface area (Å²) >= 11 is 7.46. The molecule has 5 rings (SSSR count). The van der Waals surface area contributed by atoms with Crippen molar-refractivity contribution < 1.29 is 32.2 Å². The zero-order valence-corrected chi connectivity index (χ0v) is 23.8. The molecule has 4 aromatic rings. The third-order valence-electron chi connectivity index (χ3n) is 6.90. The Hall–Kier alpha value is -3.63. The standard InChI is InChI=1S/C30H26ClF3N2O4S/c1-38-27-12-17(6-11-23(27)31)21-4-3-5-26-29(21)36(19-9-7-18(32)8-10-19)30(35-26)41-16-22-24(33)13-20(14-25(22)34)40-15-28(37)39-2/h6-14,21H,3-5,15-16H2,1-2H3. The largest absolute Gasteiger partial charge is 0.495 e. The Morgan fingerprint density at radius 1 is 1.07 bits per heavy atom. The van der Waals surface area contributed by atoms with E-state index in [1.807, 2.05) is 16.7 Å². The Morgan fingerprint density at radius 3 is 2.49 bits per heavy atom. The van der Waals surface area contributed by atoms with Crippen LogP contribution in [0.25, 0.3) is 5.69 Å². The Morgan fingerprint density at radius 2 is 1.80 bits per heavy atom. The average molecular weight is 603 g/mol. The summed E-state index contributed by atoms with van der Waals surface area (Å²) in [7, 11) is 2.75. The molecule has 6 nitrogen and oxygen atoms in total. The smallest absolute Gasteiger partial charge is 0.343 e. The quantitative estimate of drug-likeness (QED) is 0.148. The lowest BCUT2D eigenvalue weighted by Crippen LogP contribution is -2.15. The van der Waals surface area contributed by atoms with E-state index in [1.165, 1.54) is 31.0 Å². The molecule has 214 valence electrons. The molecule has 0 saturated heterocycles. The number of thioether (sulfide) groups is 1. The molecule has 0 bridgehead atoms. The number of fused-ring (bicyclic) bond motifs is 1. The Balaban J connectivity index is 1.51. The summed E-state index contributed by atoms with van der Waals surface area (Å²) in [6.45, 7) is -0.467. The van der Waals surface area contributed by atoms with Crippen molar-refractivity contribution in [1.82, 2.24) is 9.55 Å². The number of aromatic nitrogens is 2. The van der Waals surface area contributed by atoms with Gasteiger partial charge in [-0.2, -0.15) is 0 Å². The number of aryl methyl sites for hydroxylation is 1. The molecule has 1 aliphatic carbocycles. The number of methoxy groups -OCH3 is 2. The minimum Gasteiger partial charge on any atom is -0.495 e. The van der Waals surface area contributed by atoms with Gasteiger partial charge in [-0.15, -0.1) is 0 Å². The van der Waals surface area contributed by atoms with Crippen molar-refractivity contribution in [1.29, 1.82) is 0 Å². The molecule has 0 N–H and O–H groups in total. The molecule has 0 spiro atoms. The number of esters is 1. The van der Waals surface area contributed by atoms with Crippen LogP contribution >= 0.6 is 23.4 Å². The maximum absolute atomic E-state index is 15.0. The maximum Gasteiger partial charge on any atom is 0.343 e. The third-order valence-corrected chi connectivity index (χ3v) is 8.18. The summed E-state index contributed by atoms with van der Waals surface area (Å²) in [5, 5.41) is 1.03. The summed E-state index contributed by atoms with van der Waals surface area (Å²) in [5.41, 5.74) is 3.32. The fraction of sp³-hybridized carbons (Fsp3) is 0.267. The molecule has 41 heavy (non-hydrogen) atoms. The van der Waals surface area contributed by atoms with Crippen LogP contribution in [0.15, 0.2) is 59.8 Å². The third kappa shape index (κ3) is 6.18. The number of carbonyl (C=O) groups excluding carboxylic acids is 1. The van der Waals surface area contributed by atoms with E-state index in [2.05, 4.69) is 4.74 Å². The van der Waals surface area contributed by atoms with Crippen molar-refractivity contribution in [2.75, 3.05) is 20.8 Å². The Bertz CT molecular complexity index is 1560. The van der Waals surface area contributed by atoms with Crippen LogP contribution in [-0.2, 0) is 21.7 Å². The van der Waals surface area contributed by atoms with Crippen LogP contribution in [0.2, 0.25) is 5.02 Å². The molecule has 1 atom stereocenters. The molecule has 0 fully saturated rings. The zero-order chi connectivity index (χ0) is 29.1. The second-order valence-electron chi connectivity index (χ2n) is 9.40. The normalized spacial score (nSPS) is 14.4. The van der Waals surface area contributed by atoms with Gasteiger partial charge in [0.1, 0.15) is 29.0 Å². The summed E-state index contributed by atoms with van der Waals surface area (Å²) in [6, 6.07) is 13.8. The molecule has 1 unspecified atom stereocenters. The van der Waals surface area contributed by atoms with Gasteiger partial charge in [0.05, 0.1) is 30.6 Å². The van der Waals surface area contributed by atoms with Gasteiger partial charge < -0.3 is 14.2 Å². The minimum atomic E-state index is -0.812. The number of nitrogens with zero attached hydrogens (tertiary/aromatic N) is 2. The van der Waals surface area contributed by atoms with Gasteiger partial charge in [0, 0.05) is 35.1 Å². The van der Waals surface area contributed by atoms with Gasteiger partial charge in [0.25, 0.3) is 0 Å². The van der Waals surface area contributed by atoms with Gasteiger partial charge in [-0.3, -0.25) is 4.57 Å². The average Bonchev–Trinajstić information content (AvgIpc) is 3.34. The van der Waals surface area contributed by atoms with E-state index in [4.69, 9.17) is 26.1 Å². The molecule has 0 radical (unpaired) electrons. The van der Waals surface area contributed by atoms with Crippen LogP contribution in [0.1, 0.15) is 41.3 Å². The summed E-state index contributed by atoms with van der Waals surface area (Å²) in [4.78, 5) is 16.2. The lowest BCUT2D eigenvalue weighted by molar-refractivity contribution is -0.142. The summed E-state index contributed by atoms with van der Waals surface area (Å²) in [6.07, 6.45) is 2.46. The van der Waals surface area contributed by atoms with Crippen LogP contribution in [-0.4, -0.2) is 36.3 Å². The molecular formula is C30H26ClF3N2O4S. The fourth-order valence-electron chi connectivity index (χ4n) is 4.90. The number of imidazole rings is 1. The molecule has 0 saturated carbocycles. The van der Waals surface area contributed by atoms with Crippen molar-refractivity contribution in [3.8, 4) is 17.2 Å². The van der Waals surface area contributed by atoms with E-state index in [9.17, 15) is 18.0 Å². The van der Waals surface area contributed by atoms with Crippen molar-refractivity contribution in [2.45, 2.75) is 36.1 Å². The molecule has 1 heterocycles. The maximum atomic E-state index is 15.0. The minimum absolute atomic E-state index is 0.0588. The lowest BCUT2D eigenvalue weighted by atomic mass is 9.84. The van der Waals surface area contributed by atoms with Crippen LogP contribution in [0.3, 0.4) is 0 Å². The predicted octanol–water partition coefficient (Wildman–Crippen LogP) is 7.26. The van der Waals surface area contributed by atoms with Crippen molar-refractivity contribution in [3.63, 3.8) is 0 Å². The first-order chi connectivity index (χ1) is 19.8. The van der Waals surface area contributed by atoms with E-state index >= 15 is 0 Å². The lowest BCUT2D eigenvalue weighted by Gasteiger charge is -2.26. The highest BCUT2D eigenvalue weighted by molar-refractivity contribution is 7.98. The number of carbonyl (C=O) groups is 1. The van der Waals surface area contributed by atoms with Crippen LogP contribution in [0, 0.1) is 17.5 Å². The Labute approximate surface area is 244 Å². The SMILES string of the molecule is COC(=O)COc1cc(F)c(CSc2nc3c(n2-c2ccc(F)cc2)C(c2ccc(Cl)c(OC)c2)CCC3)c(F)c1. The van der Waals surface area contributed by atoms with Crippen molar-refractivity contribution in [2.24, 2.45) is 0 Å². The van der Waals surface area contributed by atoms with E-state index < -0.39 is 24.2 Å². The van der Waals surface area contributed by atoms with Gasteiger partial charge in [0.15, 0.2) is 11.8 Å². The van der Waals surface area contributed by atoms with Crippen molar-refractivity contribution in [3.05, 3.63) is 99.6 Å². The van der Waals surface area contributed by atoms with E-state index in [1.54, 1.807) is 25.3 Å². The van der Waals surface area contributed by atoms with E-state index in [0.717, 1.165) is 48.3 Å². The second kappa shape index (κ2) is 12.5. The number of hydrogen-bond donors (Lipinski definition) is 0. The molecule has 1 aliphatic rings. The monoisotopic (exact) mass is 602 g/mol. The summed E-state index contributed by atoms with van der Waals surface area (Å²) in [5.74, 6) is -2.36. The molecule has 3 aromatic carbocycles. The van der Waals surface area contributed by atoms with Gasteiger partial charge in [-0.25, -0.2) is 22.9 Å². The molecular weight excluding hydrogens is 577 g/mol. The van der Waals surface area contributed by atoms with Gasteiger partial charge in [-0.1, -0.05) is 29.4 Å². The fourth-order valence-corrected chi connectivity index (χ4v) is 6.15. The molecule has 11 heteroatoms. The number of halogens is 4. The first-order valence-electron chi connectivity index (χ1n) is 12.8. The first-order valence-corrected chi connectivity index (χ1v) is 14.2. The van der Waals surface area contributed by atoms with Crippen LogP contribution < -0.4 is 9.47 Å². The number of ether oxygens (including phenoxy) is 3. The number of benzene rings is 3. The predicted molar refractivity (Wildman–Crippen MR) is 150 cm³/mol. The zero-order valence-electron chi connectivity index (χ0n) is 22.3. The summed E-state index contributed by atoms with van der Waals surface area (Å²) < 4.78 is 60.8. The highest BCUT2D eigenvalue weighted by atomic mass is 35.5. The van der Waals surface area contributed by atoms with Gasteiger partial charge >= 0.3 is 5.97 Å². The van der Waals surface area contributed by atoms with E-state index in [-0.39, 0.29) is 28.8 Å². The van der Waals surface area contributed by atoms with Crippen LogP contribution in [0.5, 0.6) is 11.5 Å². The van der Waals surface area contributed by atoms with E-state index in [0.29, 0.717) is 21.6 Å². The highest BCUT2D eigenvalue weighted by Crippen LogP contribution is 2.43. The first kappa shape index (κ1) is 28.9. The molecule has 1 aromatic heterocycles. The second-order valence-corrected chi connectivity index (χ2v) is 10.7. The Kier molecular flexibility index (Phi) is 8.79. The van der Waals surface area contributed by atoms with Gasteiger partial charge in [-0.05, 0) is 61.2 Å². The van der Waals surface area contributed by atoms with Crippen molar-refractivity contribution >= 4 is 29.3 Å². The molecule has 0 aliphatic heterocycles. The number of hydrogen-bond acceptors (Lipinski definition) is 6. The van der Waals surface area contributed by atoms with Gasteiger partial charge in [0.2, 0.25) is 0 Å². The molecule has 0 amide bonds.